The molecule has 0 saturated heterocycles. The Balaban J connectivity index is 1.76. The van der Waals surface area contributed by atoms with Crippen molar-refractivity contribution in [2.24, 2.45) is 0 Å². The van der Waals surface area contributed by atoms with Crippen molar-refractivity contribution in [3.05, 3.63) is 36.5 Å². The van der Waals surface area contributed by atoms with E-state index in [2.05, 4.69) is 4.98 Å². The number of para-hydroxylation sites is 1. The number of hydrogen-bond donors (Lipinski definition) is 0. The van der Waals surface area contributed by atoms with Gasteiger partial charge in [-0.15, -0.1) is 0 Å². The highest BCUT2D eigenvalue weighted by atomic mass is 16.5. The summed E-state index contributed by atoms with van der Waals surface area (Å²) in [6.07, 6.45) is 1.50. The van der Waals surface area contributed by atoms with Crippen molar-refractivity contribution in [2.75, 3.05) is 6.61 Å². The van der Waals surface area contributed by atoms with Gasteiger partial charge in [-0.3, -0.25) is 9.78 Å². The number of Topliss-reactive ketones (excluding diaryl/α,β-unsaturated/α-hetero) is 1. The van der Waals surface area contributed by atoms with Gasteiger partial charge in [-0.2, -0.15) is 0 Å². The number of carbonyl (C=O) groups is 1. The smallest absolute Gasteiger partial charge is 0.169 e. The fraction of sp³-hybridized carbons (Fsp3) is 0.333. The van der Waals surface area contributed by atoms with Crippen LogP contribution in [0.25, 0.3) is 10.9 Å². The van der Waals surface area contributed by atoms with Crippen LogP contribution in [0, 0.1) is 0 Å². The highest BCUT2D eigenvalue weighted by molar-refractivity contribution is 5.90. The maximum Gasteiger partial charge on any atom is 0.169 e. The number of fused-ring (bicyclic) bond motifs is 1. The fourth-order valence-corrected chi connectivity index (χ4v) is 2.24. The normalized spacial score (nSPS) is 22.3. The minimum Gasteiger partial charge on any atom is -0.485 e. The van der Waals surface area contributed by atoms with Crippen molar-refractivity contribution < 1.29 is 14.3 Å². The SMILES string of the molecule is CCOC1C(=O)CC1Oc1cnc2ccccc2c1. The van der Waals surface area contributed by atoms with Crippen LogP contribution in [0.4, 0.5) is 0 Å². The molecule has 1 aliphatic rings. The van der Waals surface area contributed by atoms with Gasteiger partial charge in [0.15, 0.2) is 11.9 Å². The molecule has 0 spiro atoms. The highest BCUT2D eigenvalue weighted by Gasteiger charge is 2.42. The summed E-state index contributed by atoms with van der Waals surface area (Å²) in [7, 11) is 0. The van der Waals surface area contributed by atoms with Crippen LogP contribution in [-0.2, 0) is 9.53 Å². The minimum absolute atomic E-state index is 0.112. The van der Waals surface area contributed by atoms with Crippen LogP contribution in [0.5, 0.6) is 5.75 Å². The summed E-state index contributed by atoms with van der Waals surface area (Å²) in [5.74, 6) is 0.793. The van der Waals surface area contributed by atoms with Crippen molar-refractivity contribution in [2.45, 2.75) is 25.6 Å². The molecule has 4 nitrogen and oxygen atoms in total. The predicted octanol–water partition coefficient (Wildman–Crippen LogP) is 2.36. The van der Waals surface area contributed by atoms with Crippen molar-refractivity contribution >= 4 is 16.7 Å². The lowest BCUT2D eigenvalue weighted by Crippen LogP contribution is -2.52. The zero-order valence-corrected chi connectivity index (χ0v) is 10.7. The standard InChI is InChI=1S/C15H15NO3/c1-2-18-15-13(17)8-14(15)19-11-7-10-5-3-4-6-12(10)16-9-11/h3-7,9,14-15H,2,8H2,1H3. The first-order valence-electron chi connectivity index (χ1n) is 6.43. The minimum atomic E-state index is -0.420. The second-order valence-electron chi connectivity index (χ2n) is 4.57. The molecule has 1 saturated carbocycles. The molecule has 0 amide bonds. The quantitative estimate of drug-likeness (QED) is 0.843. The van der Waals surface area contributed by atoms with Gasteiger partial charge in [0.2, 0.25) is 0 Å². The maximum atomic E-state index is 11.4. The van der Waals surface area contributed by atoms with Crippen molar-refractivity contribution in [3.63, 3.8) is 0 Å². The van der Waals surface area contributed by atoms with Gasteiger partial charge in [-0.25, -0.2) is 0 Å². The summed E-state index contributed by atoms with van der Waals surface area (Å²) < 4.78 is 11.2. The Hall–Kier alpha value is -1.94. The van der Waals surface area contributed by atoms with E-state index in [1.807, 2.05) is 37.3 Å². The van der Waals surface area contributed by atoms with Gasteiger partial charge in [0.1, 0.15) is 11.9 Å². The monoisotopic (exact) mass is 257 g/mol. The second-order valence-corrected chi connectivity index (χ2v) is 4.57. The number of ketones is 1. The van der Waals surface area contributed by atoms with Crippen molar-refractivity contribution in [1.29, 1.82) is 0 Å². The summed E-state index contributed by atoms with van der Waals surface area (Å²) in [6, 6.07) is 9.79. The van der Waals surface area contributed by atoms with E-state index < -0.39 is 6.10 Å². The summed E-state index contributed by atoms with van der Waals surface area (Å²) in [6.45, 7) is 2.40. The van der Waals surface area contributed by atoms with E-state index in [1.54, 1.807) is 6.20 Å². The molecule has 1 heterocycles. The van der Waals surface area contributed by atoms with E-state index in [0.29, 0.717) is 18.8 Å². The number of benzene rings is 1. The number of carbonyl (C=O) groups excluding carboxylic acids is 1. The van der Waals surface area contributed by atoms with Crippen molar-refractivity contribution in [3.8, 4) is 5.75 Å². The van der Waals surface area contributed by atoms with Crippen LogP contribution in [-0.4, -0.2) is 29.6 Å². The largest absolute Gasteiger partial charge is 0.485 e. The van der Waals surface area contributed by atoms with Gasteiger partial charge in [0, 0.05) is 18.4 Å². The Labute approximate surface area is 111 Å². The van der Waals surface area contributed by atoms with Gasteiger partial charge in [0.25, 0.3) is 0 Å². The molecule has 2 unspecified atom stereocenters. The van der Waals surface area contributed by atoms with Crippen LogP contribution >= 0.6 is 0 Å². The van der Waals surface area contributed by atoms with E-state index in [9.17, 15) is 4.79 Å². The van der Waals surface area contributed by atoms with Crippen LogP contribution < -0.4 is 4.74 Å². The lowest BCUT2D eigenvalue weighted by Gasteiger charge is -2.34. The zero-order chi connectivity index (χ0) is 13.2. The van der Waals surface area contributed by atoms with Gasteiger partial charge < -0.3 is 9.47 Å². The summed E-state index contributed by atoms with van der Waals surface area (Å²) in [5, 5.41) is 1.03. The molecule has 19 heavy (non-hydrogen) atoms. The molecule has 3 rings (SSSR count). The predicted molar refractivity (Wildman–Crippen MR) is 71.2 cm³/mol. The first kappa shape index (κ1) is 12.1. The lowest BCUT2D eigenvalue weighted by molar-refractivity contribution is -0.154. The molecule has 2 atom stereocenters. The molecule has 1 aliphatic carbocycles. The van der Waals surface area contributed by atoms with Gasteiger partial charge in [-0.1, -0.05) is 18.2 Å². The Morgan fingerprint density at radius 1 is 1.37 bits per heavy atom. The fourth-order valence-electron chi connectivity index (χ4n) is 2.24. The zero-order valence-electron chi connectivity index (χ0n) is 10.7. The molecule has 98 valence electrons. The number of rotatable bonds is 4. The molecule has 2 aromatic rings. The molecule has 1 aromatic heterocycles. The van der Waals surface area contributed by atoms with Gasteiger partial charge in [-0.05, 0) is 19.1 Å². The van der Waals surface area contributed by atoms with Crippen LogP contribution in [0.1, 0.15) is 13.3 Å². The van der Waals surface area contributed by atoms with E-state index in [1.165, 1.54) is 0 Å². The molecule has 1 aromatic carbocycles. The number of pyridine rings is 1. The van der Waals surface area contributed by atoms with E-state index in [4.69, 9.17) is 9.47 Å². The number of nitrogens with zero attached hydrogens (tertiary/aromatic N) is 1. The average molecular weight is 257 g/mol. The topological polar surface area (TPSA) is 48.4 Å². The maximum absolute atomic E-state index is 11.4. The molecule has 0 aliphatic heterocycles. The molecule has 0 radical (unpaired) electrons. The number of ether oxygens (including phenoxy) is 2. The molecular weight excluding hydrogens is 242 g/mol. The molecule has 4 heteroatoms. The first-order valence-corrected chi connectivity index (χ1v) is 6.43. The van der Waals surface area contributed by atoms with E-state index in [0.717, 1.165) is 10.9 Å². The third kappa shape index (κ3) is 2.31. The molecular formula is C15H15NO3. The van der Waals surface area contributed by atoms with Crippen molar-refractivity contribution in [1.82, 2.24) is 4.98 Å². The molecule has 0 N–H and O–H groups in total. The second kappa shape index (κ2) is 4.97. The Kier molecular flexibility index (Phi) is 3.17. The lowest BCUT2D eigenvalue weighted by atomic mass is 9.90. The summed E-state index contributed by atoms with van der Waals surface area (Å²) in [5.41, 5.74) is 0.931. The highest BCUT2D eigenvalue weighted by Crippen LogP contribution is 2.26. The van der Waals surface area contributed by atoms with Crippen LogP contribution in [0.15, 0.2) is 36.5 Å². The molecule has 1 fully saturated rings. The van der Waals surface area contributed by atoms with E-state index >= 15 is 0 Å². The number of aromatic nitrogens is 1. The number of hydrogen-bond acceptors (Lipinski definition) is 4. The summed E-state index contributed by atoms with van der Waals surface area (Å²) in [4.78, 5) is 15.7. The third-order valence-corrected chi connectivity index (χ3v) is 3.26. The van der Waals surface area contributed by atoms with Gasteiger partial charge >= 0.3 is 0 Å². The Bertz CT molecular complexity index is 611. The Morgan fingerprint density at radius 3 is 3.00 bits per heavy atom. The summed E-state index contributed by atoms with van der Waals surface area (Å²) >= 11 is 0. The van der Waals surface area contributed by atoms with Gasteiger partial charge in [0.05, 0.1) is 11.7 Å². The average Bonchev–Trinajstić information content (AvgIpc) is 2.44. The van der Waals surface area contributed by atoms with Crippen LogP contribution in [0.3, 0.4) is 0 Å². The first-order chi connectivity index (χ1) is 9.28. The Morgan fingerprint density at radius 2 is 2.21 bits per heavy atom. The van der Waals surface area contributed by atoms with Crippen LogP contribution in [0.2, 0.25) is 0 Å². The molecule has 0 bridgehead atoms. The third-order valence-electron chi connectivity index (χ3n) is 3.26. The van der Waals surface area contributed by atoms with E-state index in [-0.39, 0.29) is 11.9 Å².